The quantitative estimate of drug-likeness (QED) is 0.640. The highest BCUT2D eigenvalue weighted by molar-refractivity contribution is 9.09. The van der Waals surface area contributed by atoms with Gasteiger partial charge in [-0.15, -0.1) is 0 Å². The van der Waals surface area contributed by atoms with Crippen molar-refractivity contribution in [2.45, 2.75) is 4.83 Å². The fraction of sp³-hybridized carbons (Fsp3) is 0.0769. The summed E-state index contributed by atoms with van der Waals surface area (Å²) in [5.41, 5.74) is 1.15. The maximum atomic E-state index is 13.0. The molecule has 0 radical (unpaired) electrons. The molecule has 1 atom stereocenters. The first-order valence-corrected chi connectivity index (χ1v) is 5.94. The Bertz CT molecular complexity index is 530. The Morgan fingerprint density at radius 3 is 2.59 bits per heavy atom. The van der Waals surface area contributed by atoms with Gasteiger partial charge >= 0.3 is 0 Å². The minimum atomic E-state index is -0.479. The number of carbonyl (C=O) groups is 1. The van der Waals surface area contributed by atoms with Crippen molar-refractivity contribution in [2.24, 2.45) is 0 Å². The SMILES string of the molecule is O=C(c1cccc(F)c1)C(Br)c1ccncc1. The molecule has 0 bridgehead atoms. The average molecular weight is 294 g/mol. The molecule has 4 heteroatoms. The molecular weight excluding hydrogens is 285 g/mol. The van der Waals surface area contributed by atoms with Gasteiger partial charge in [-0.25, -0.2) is 4.39 Å². The summed E-state index contributed by atoms with van der Waals surface area (Å²) in [6.07, 6.45) is 3.23. The number of hydrogen-bond donors (Lipinski definition) is 0. The first kappa shape index (κ1) is 11.9. The van der Waals surface area contributed by atoms with Gasteiger partial charge in [0.2, 0.25) is 0 Å². The van der Waals surface area contributed by atoms with Crippen LogP contribution in [0.25, 0.3) is 0 Å². The molecule has 1 aromatic heterocycles. The van der Waals surface area contributed by atoms with E-state index < -0.39 is 10.6 Å². The van der Waals surface area contributed by atoms with Crippen molar-refractivity contribution in [3.8, 4) is 0 Å². The van der Waals surface area contributed by atoms with Gasteiger partial charge in [-0.05, 0) is 29.8 Å². The molecule has 0 fully saturated rings. The van der Waals surface area contributed by atoms with E-state index in [-0.39, 0.29) is 5.78 Å². The number of ketones is 1. The zero-order valence-corrected chi connectivity index (χ0v) is 10.4. The van der Waals surface area contributed by atoms with Gasteiger partial charge in [0.25, 0.3) is 0 Å². The van der Waals surface area contributed by atoms with Gasteiger partial charge in [-0.2, -0.15) is 0 Å². The fourth-order valence-corrected chi connectivity index (χ4v) is 2.04. The lowest BCUT2D eigenvalue weighted by Gasteiger charge is -2.08. The van der Waals surface area contributed by atoms with E-state index in [2.05, 4.69) is 20.9 Å². The molecule has 0 aliphatic carbocycles. The highest BCUT2D eigenvalue weighted by Crippen LogP contribution is 2.26. The summed E-state index contributed by atoms with van der Waals surface area (Å²) in [4.78, 5) is 15.5. The van der Waals surface area contributed by atoms with Crippen LogP contribution in [0.3, 0.4) is 0 Å². The van der Waals surface area contributed by atoms with Crippen molar-refractivity contribution >= 4 is 21.7 Å². The Morgan fingerprint density at radius 2 is 1.94 bits per heavy atom. The Kier molecular flexibility index (Phi) is 3.64. The van der Waals surface area contributed by atoms with Crippen molar-refractivity contribution in [2.75, 3.05) is 0 Å². The number of rotatable bonds is 3. The second kappa shape index (κ2) is 5.19. The van der Waals surface area contributed by atoms with Gasteiger partial charge in [-0.3, -0.25) is 9.78 Å². The average Bonchev–Trinajstić information content (AvgIpc) is 2.38. The van der Waals surface area contributed by atoms with Gasteiger partial charge in [0.15, 0.2) is 5.78 Å². The number of halogens is 2. The molecule has 0 aliphatic rings. The van der Waals surface area contributed by atoms with E-state index in [0.717, 1.165) is 5.56 Å². The van der Waals surface area contributed by atoms with Crippen LogP contribution in [0.2, 0.25) is 0 Å². The standard InChI is InChI=1S/C13H9BrFNO/c14-12(9-4-6-16-7-5-9)13(17)10-2-1-3-11(15)8-10/h1-8,12H. The third-order valence-corrected chi connectivity index (χ3v) is 3.28. The van der Waals surface area contributed by atoms with E-state index >= 15 is 0 Å². The van der Waals surface area contributed by atoms with Crippen LogP contribution in [0.5, 0.6) is 0 Å². The van der Waals surface area contributed by atoms with Crippen LogP contribution in [0, 0.1) is 5.82 Å². The molecule has 1 aromatic carbocycles. The topological polar surface area (TPSA) is 30.0 Å². The molecule has 2 aromatic rings. The van der Waals surface area contributed by atoms with Gasteiger partial charge in [0.05, 0.1) is 0 Å². The van der Waals surface area contributed by atoms with Crippen molar-refractivity contribution in [3.05, 3.63) is 65.7 Å². The number of benzene rings is 1. The maximum Gasteiger partial charge on any atom is 0.180 e. The summed E-state index contributed by atoms with van der Waals surface area (Å²) in [5.74, 6) is -0.582. The van der Waals surface area contributed by atoms with Crippen LogP contribution >= 0.6 is 15.9 Å². The Balaban J connectivity index is 2.27. The third kappa shape index (κ3) is 2.77. The van der Waals surface area contributed by atoms with E-state index in [0.29, 0.717) is 5.56 Å². The molecular formula is C13H9BrFNO. The van der Waals surface area contributed by atoms with Crippen molar-refractivity contribution < 1.29 is 9.18 Å². The summed E-state index contributed by atoms with van der Waals surface area (Å²) in [6, 6.07) is 9.16. The number of nitrogens with zero attached hydrogens (tertiary/aromatic N) is 1. The molecule has 0 spiro atoms. The molecule has 17 heavy (non-hydrogen) atoms. The maximum absolute atomic E-state index is 13.0. The van der Waals surface area contributed by atoms with Crippen molar-refractivity contribution in [3.63, 3.8) is 0 Å². The minimum absolute atomic E-state index is 0.171. The predicted octanol–water partition coefficient (Wildman–Crippen LogP) is 3.54. The Hall–Kier alpha value is -1.55. The van der Waals surface area contributed by atoms with E-state index in [1.807, 2.05) is 0 Å². The summed E-state index contributed by atoms with van der Waals surface area (Å²) in [7, 11) is 0. The van der Waals surface area contributed by atoms with E-state index in [1.165, 1.54) is 18.2 Å². The van der Waals surface area contributed by atoms with Crippen molar-refractivity contribution in [1.82, 2.24) is 4.98 Å². The highest BCUT2D eigenvalue weighted by atomic mass is 79.9. The van der Waals surface area contributed by atoms with Gasteiger partial charge < -0.3 is 0 Å². The number of aromatic nitrogens is 1. The molecule has 0 saturated heterocycles. The summed E-state index contributed by atoms with van der Waals surface area (Å²) in [6.45, 7) is 0. The van der Waals surface area contributed by atoms with Crippen LogP contribution in [-0.4, -0.2) is 10.8 Å². The zero-order chi connectivity index (χ0) is 12.3. The summed E-state index contributed by atoms with van der Waals surface area (Å²) in [5, 5.41) is 0. The molecule has 1 heterocycles. The molecule has 0 N–H and O–H groups in total. The third-order valence-electron chi connectivity index (χ3n) is 2.34. The van der Waals surface area contributed by atoms with Crippen LogP contribution in [0.15, 0.2) is 48.8 Å². The van der Waals surface area contributed by atoms with Crippen LogP contribution in [0.1, 0.15) is 20.7 Å². The first-order chi connectivity index (χ1) is 8.18. The lowest BCUT2D eigenvalue weighted by molar-refractivity contribution is 0.0991. The first-order valence-electron chi connectivity index (χ1n) is 5.02. The van der Waals surface area contributed by atoms with E-state index in [1.54, 1.807) is 30.6 Å². The summed E-state index contributed by atoms with van der Waals surface area (Å²) >= 11 is 3.31. The molecule has 0 aliphatic heterocycles. The van der Waals surface area contributed by atoms with Gasteiger partial charge in [0.1, 0.15) is 10.6 Å². The normalized spacial score (nSPS) is 12.1. The van der Waals surface area contributed by atoms with E-state index in [4.69, 9.17) is 0 Å². The number of hydrogen-bond acceptors (Lipinski definition) is 2. The lowest BCUT2D eigenvalue weighted by Crippen LogP contribution is -2.07. The number of pyridine rings is 1. The van der Waals surface area contributed by atoms with Crippen LogP contribution < -0.4 is 0 Å². The van der Waals surface area contributed by atoms with Crippen LogP contribution in [-0.2, 0) is 0 Å². The van der Waals surface area contributed by atoms with E-state index in [9.17, 15) is 9.18 Å². The molecule has 2 rings (SSSR count). The molecule has 0 saturated carbocycles. The molecule has 1 unspecified atom stereocenters. The van der Waals surface area contributed by atoms with Crippen LogP contribution in [0.4, 0.5) is 4.39 Å². The number of carbonyl (C=O) groups excluding carboxylic acids is 1. The Labute approximate surface area is 107 Å². The van der Waals surface area contributed by atoms with Crippen molar-refractivity contribution in [1.29, 1.82) is 0 Å². The largest absolute Gasteiger partial charge is 0.293 e. The minimum Gasteiger partial charge on any atom is -0.293 e. The van der Waals surface area contributed by atoms with Gasteiger partial charge in [-0.1, -0.05) is 28.1 Å². The smallest absolute Gasteiger partial charge is 0.180 e. The van der Waals surface area contributed by atoms with Gasteiger partial charge in [0, 0.05) is 18.0 Å². The summed E-state index contributed by atoms with van der Waals surface area (Å²) < 4.78 is 13.0. The molecule has 0 amide bonds. The second-order valence-electron chi connectivity index (χ2n) is 3.52. The predicted molar refractivity (Wildman–Crippen MR) is 66.6 cm³/mol. The molecule has 86 valence electrons. The Morgan fingerprint density at radius 1 is 1.24 bits per heavy atom. The second-order valence-corrected chi connectivity index (χ2v) is 4.43. The fourth-order valence-electron chi connectivity index (χ4n) is 1.47. The lowest BCUT2D eigenvalue weighted by atomic mass is 10.0. The number of Topliss-reactive ketones (excluding diaryl/α,β-unsaturated/α-hetero) is 1. The highest BCUT2D eigenvalue weighted by Gasteiger charge is 2.18. The molecule has 2 nitrogen and oxygen atoms in total. The number of alkyl halides is 1. The monoisotopic (exact) mass is 293 g/mol. The zero-order valence-electron chi connectivity index (χ0n) is 8.81.